The summed E-state index contributed by atoms with van der Waals surface area (Å²) in [6, 6.07) is 26.9. The highest BCUT2D eigenvalue weighted by Crippen LogP contribution is 2.23. The SMILES string of the molecule is CC(C)(C)c1ccc(C(=O)N(CCCNc2cc(=O)oc3ccccc23)Cc2ccccc2)cc1. The first-order chi connectivity index (χ1) is 16.8. The molecule has 0 atom stereocenters. The minimum absolute atomic E-state index is 0.0140. The fraction of sp³-hybridized carbons (Fsp3) is 0.267. The third kappa shape index (κ3) is 6.18. The lowest BCUT2D eigenvalue weighted by Crippen LogP contribution is -2.32. The van der Waals surface area contributed by atoms with Gasteiger partial charge in [0.05, 0.1) is 5.69 Å². The second kappa shape index (κ2) is 10.6. The zero-order chi connectivity index (χ0) is 24.8. The van der Waals surface area contributed by atoms with Crippen LogP contribution in [0.15, 0.2) is 94.1 Å². The average molecular weight is 469 g/mol. The molecule has 5 nitrogen and oxygen atoms in total. The first-order valence-electron chi connectivity index (χ1n) is 12.0. The van der Waals surface area contributed by atoms with Gasteiger partial charge in [0.2, 0.25) is 0 Å². The molecule has 0 unspecified atom stereocenters. The Morgan fingerprint density at radius 1 is 0.914 bits per heavy atom. The van der Waals surface area contributed by atoms with Crippen molar-refractivity contribution in [3.63, 3.8) is 0 Å². The number of fused-ring (bicyclic) bond motifs is 1. The van der Waals surface area contributed by atoms with Gasteiger partial charge in [0, 0.05) is 36.7 Å². The number of carbonyl (C=O) groups excluding carboxylic acids is 1. The van der Waals surface area contributed by atoms with Crippen molar-refractivity contribution in [2.24, 2.45) is 0 Å². The van der Waals surface area contributed by atoms with E-state index in [0.717, 1.165) is 23.1 Å². The number of rotatable bonds is 8. The second-order valence-electron chi connectivity index (χ2n) is 9.80. The predicted molar refractivity (Wildman–Crippen MR) is 142 cm³/mol. The van der Waals surface area contributed by atoms with Crippen molar-refractivity contribution >= 4 is 22.6 Å². The van der Waals surface area contributed by atoms with Gasteiger partial charge in [0.25, 0.3) is 5.91 Å². The number of amides is 1. The Morgan fingerprint density at radius 2 is 1.60 bits per heavy atom. The zero-order valence-corrected chi connectivity index (χ0v) is 20.6. The molecule has 0 fully saturated rings. The van der Waals surface area contributed by atoms with E-state index in [9.17, 15) is 9.59 Å². The van der Waals surface area contributed by atoms with Crippen LogP contribution in [-0.2, 0) is 12.0 Å². The number of benzene rings is 3. The van der Waals surface area contributed by atoms with Crippen LogP contribution in [0.25, 0.3) is 11.0 Å². The third-order valence-corrected chi connectivity index (χ3v) is 6.07. The Labute approximate surface area is 206 Å². The van der Waals surface area contributed by atoms with E-state index in [4.69, 9.17) is 4.42 Å². The van der Waals surface area contributed by atoms with Crippen molar-refractivity contribution in [1.29, 1.82) is 0 Å². The molecule has 0 aliphatic heterocycles. The number of anilines is 1. The molecule has 4 rings (SSSR count). The predicted octanol–water partition coefficient (Wildman–Crippen LogP) is 6.24. The summed E-state index contributed by atoms with van der Waals surface area (Å²) < 4.78 is 5.27. The van der Waals surface area contributed by atoms with Crippen LogP contribution in [0.2, 0.25) is 0 Å². The van der Waals surface area contributed by atoms with Gasteiger partial charge in [-0.25, -0.2) is 4.79 Å². The molecule has 0 aliphatic rings. The molecule has 3 aromatic carbocycles. The molecule has 1 N–H and O–H groups in total. The molecule has 180 valence electrons. The molecule has 1 heterocycles. The first kappa shape index (κ1) is 24.3. The van der Waals surface area contributed by atoms with Gasteiger partial charge >= 0.3 is 5.63 Å². The van der Waals surface area contributed by atoms with Crippen molar-refractivity contribution in [2.45, 2.75) is 39.2 Å². The van der Waals surface area contributed by atoms with Gasteiger partial charge in [-0.1, -0.05) is 75.4 Å². The summed E-state index contributed by atoms with van der Waals surface area (Å²) in [7, 11) is 0. The maximum absolute atomic E-state index is 13.4. The molecule has 0 saturated heterocycles. The number of nitrogens with one attached hydrogen (secondary N) is 1. The van der Waals surface area contributed by atoms with Gasteiger partial charge in [-0.2, -0.15) is 0 Å². The lowest BCUT2D eigenvalue weighted by molar-refractivity contribution is 0.0742. The lowest BCUT2D eigenvalue weighted by atomic mass is 9.86. The van der Waals surface area contributed by atoms with Crippen LogP contribution in [-0.4, -0.2) is 23.9 Å². The van der Waals surface area contributed by atoms with E-state index in [1.807, 2.05) is 77.7 Å². The highest BCUT2D eigenvalue weighted by molar-refractivity contribution is 5.94. The first-order valence-corrected chi connectivity index (χ1v) is 12.0. The minimum atomic E-state index is -0.384. The molecule has 1 aromatic heterocycles. The molecular formula is C30H32N2O3. The van der Waals surface area contributed by atoms with Crippen LogP contribution in [0.3, 0.4) is 0 Å². The van der Waals surface area contributed by atoms with Crippen molar-refractivity contribution in [2.75, 3.05) is 18.4 Å². The number of hydrogen-bond acceptors (Lipinski definition) is 4. The number of hydrogen-bond donors (Lipinski definition) is 1. The van der Waals surface area contributed by atoms with E-state index < -0.39 is 0 Å². The zero-order valence-electron chi connectivity index (χ0n) is 20.6. The maximum Gasteiger partial charge on any atom is 0.338 e. The van der Waals surface area contributed by atoms with Crippen LogP contribution in [0.5, 0.6) is 0 Å². The summed E-state index contributed by atoms with van der Waals surface area (Å²) in [5.74, 6) is 0.0140. The summed E-state index contributed by atoms with van der Waals surface area (Å²) in [6.07, 6.45) is 0.729. The van der Waals surface area contributed by atoms with Crippen LogP contribution >= 0.6 is 0 Å². The summed E-state index contributed by atoms with van der Waals surface area (Å²) in [5.41, 5.74) is 3.94. The molecule has 5 heteroatoms. The normalized spacial score (nSPS) is 11.4. The molecule has 4 aromatic rings. The van der Waals surface area contributed by atoms with Gasteiger partial charge in [0.1, 0.15) is 5.58 Å². The Morgan fingerprint density at radius 3 is 2.31 bits per heavy atom. The fourth-order valence-corrected chi connectivity index (χ4v) is 4.10. The largest absolute Gasteiger partial charge is 0.423 e. The third-order valence-electron chi connectivity index (χ3n) is 6.07. The Hall–Kier alpha value is -3.86. The summed E-state index contributed by atoms with van der Waals surface area (Å²) in [4.78, 5) is 27.3. The highest BCUT2D eigenvalue weighted by Gasteiger charge is 2.18. The second-order valence-corrected chi connectivity index (χ2v) is 9.80. The van der Waals surface area contributed by atoms with E-state index >= 15 is 0 Å². The Kier molecular flexibility index (Phi) is 7.35. The smallest absolute Gasteiger partial charge is 0.338 e. The van der Waals surface area contributed by atoms with E-state index in [2.05, 4.69) is 26.1 Å². The molecule has 0 radical (unpaired) electrons. The molecule has 1 amide bonds. The number of carbonyl (C=O) groups is 1. The Balaban J connectivity index is 1.46. The van der Waals surface area contributed by atoms with Gasteiger partial charge in [-0.15, -0.1) is 0 Å². The topological polar surface area (TPSA) is 62.6 Å². The van der Waals surface area contributed by atoms with Crippen molar-refractivity contribution in [3.05, 3.63) is 112 Å². The molecule has 0 bridgehead atoms. The van der Waals surface area contributed by atoms with Crippen molar-refractivity contribution in [1.82, 2.24) is 4.90 Å². The maximum atomic E-state index is 13.4. The summed E-state index contributed by atoms with van der Waals surface area (Å²) in [6.45, 7) is 8.24. The van der Waals surface area contributed by atoms with Gasteiger partial charge in [0.15, 0.2) is 0 Å². The average Bonchev–Trinajstić information content (AvgIpc) is 2.85. The van der Waals surface area contributed by atoms with Gasteiger partial charge in [-0.3, -0.25) is 4.79 Å². The standard InChI is InChI=1S/C30H32N2O3/c1-30(2,3)24-16-14-23(15-17-24)29(34)32(21-22-10-5-4-6-11-22)19-9-18-31-26-20-28(33)35-27-13-8-7-12-25(26)27/h4-8,10-17,20,31H,9,18-19,21H2,1-3H3. The summed E-state index contributed by atoms with van der Waals surface area (Å²) >= 11 is 0. The summed E-state index contributed by atoms with van der Waals surface area (Å²) in [5, 5.41) is 4.22. The lowest BCUT2D eigenvalue weighted by Gasteiger charge is -2.24. The number of nitrogens with zero attached hydrogens (tertiary/aromatic N) is 1. The van der Waals surface area contributed by atoms with Crippen molar-refractivity contribution in [3.8, 4) is 0 Å². The Bertz CT molecular complexity index is 1340. The van der Waals surface area contributed by atoms with Crippen molar-refractivity contribution < 1.29 is 9.21 Å². The molecular weight excluding hydrogens is 436 g/mol. The minimum Gasteiger partial charge on any atom is -0.423 e. The van der Waals surface area contributed by atoms with E-state index in [-0.39, 0.29) is 16.9 Å². The van der Waals surface area contributed by atoms with Crippen LogP contribution in [0.1, 0.15) is 48.7 Å². The number of para-hydroxylation sites is 1. The van der Waals surface area contributed by atoms with E-state index in [1.54, 1.807) is 6.07 Å². The molecule has 0 spiro atoms. The molecule has 0 aliphatic carbocycles. The quantitative estimate of drug-likeness (QED) is 0.246. The van der Waals surface area contributed by atoms with E-state index in [1.165, 1.54) is 11.6 Å². The van der Waals surface area contributed by atoms with Crippen LogP contribution < -0.4 is 10.9 Å². The fourth-order valence-electron chi connectivity index (χ4n) is 4.10. The van der Waals surface area contributed by atoms with Crippen LogP contribution in [0, 0.1) is 0 Å². The molecule has 0 saturated carbocycles. The van der Waals surface area contributed by atoms with Gasteiger partial charge < -0.3 is 14.6 Å². The van der Waals surface area contributed by atoms with Gasteiger partial charge in [-0.05, 0) is 47.2 Å². The van der Waals surface area contributed by atoms with E-state index in [0.29, 0.717) is 30.8 Å². The highest BCUT2D eigenvalue weighted by atomic mass is 16.4. The molecule has 35 heavy (non-hydrogen) atoms. The van der Waals surface area contributed by atoms with Crippen LogP contribution in [0.4, 0.5) is 5.69 Å². The monoisotopic (exact) mass is 468 g/mol.